The monoisotopic (exact) mass is 457 g/mol. The van der Waals surface area contributed by atoms with Crippen LogP contribution in [-0.2, 0) is 0 Å². The Balaban J connectivity index is 0.00000136. The summed E-state index contributed by atoms with van der Waals surface area (Å²) in [5, 5.41) is 0. The van der Waals surface area contributed by atoms with Gasteiger partial charge in [-0.1, -0.05) is 48.5 Å². The summed E-state index contributed by atoms with van der Waals surface area (Å²) >= 11 is 0. The first-order chi connectivity index (χ1) is 14.4. The van der Waals surface area contributed by atoms with Crippen LogP contribution in [-0.4, -0.2) is 50.3 Å². The van der Waals surface area contributed by atoms with E-state index in [1.807, 2.05) is 0 Å². The fourth-order valence-corrected chi connectivity index (χ4v) is 4.36. The maximum atomic E-state index is 6.40. The molecule has 0 aromatic heterocycles. The van der Waals surface area contributed by atoms with Gasteiger partial charge in [0.1, 0.15) is 11.9 Å². The van der Waals surface area contributed by atoms with E-state index in [0.717, 1.165) is 50.7 Å². The molecule has 31 heavy (non-hydrogen) atoms. The minimum atomic E-state index is 0. The molecule has 0 N–H and O–H groups in total. The third-order valence-corrected chi connectivity index (χ3v) is 5.86. The highest BCUT2D eigenvalue weighted by Crippen LogP contribution is 2.38. The van der Waals surface area contributed by atoms with E-state index < -0.39 is 0 Å². The van der Waals surface area contributed by atoms with Gasteiger partial charge in [0.25, 0.3) is 0 Å². The van der Waals surface area contributed by atoms with Crippen LogP contribution in [0.1, 0.15) is 0 Å². The number of ether oxygens (including phenoxy) is 1. The van der Waals surface area contributed by atoms with Crippen molar-refractivity contribution in [3.63, 3.8) is 0 Å². The van der Waals surface area contributed by atoms with Crippen LogP contribution in [0.3, 0.4) is 0 Å². The fraction of sp³-hybridized carbons (Fsp3) is 0.280. The molecule has 3 aromatic rings. The van der Waals surface area contributed by atoms with E-state index in [2.05, 4.69) is 99.6 Å². The molecular formula is C25H29Cl2N3O. The Morgan fingerprint density at radius 3 is 1.94 bits per heavy atom. The van der Waals surface area contributed by atoms with Crippen molar-refractivity contribution in [2.45, 2.75) is 6.10 Å². The van der Waals surface area contributed by atoms with Gasteiger partial charge in [0.2, 0.25) is 0 Å². The first kappa shape index (κ1) is 23.3. The number of hydrogen-bond acceptors (Lipinski definition) is 4. The Bertz CT molecular complexity index is 934. The zero-order valence-corrected chi connectivity index (χ0v) is 19.1. The molecule has 3 aromatic carbocycles. The summed E-state index contributed by atoms with van der Waals surface area (Å²) in [6, 6.07) is 29.7. The quantitative estimate of drug-likeness (QED) is 0.532. The summed E-state index contributed by atoms with van der Waals surface area (Å²) in [6.07, 6.45) is 0.161. The topological polar surface area (TPSA) is 19.0 Å². The second-order valence-electron chi connectivity index (χ2n) is 7.78. The van der Waals surface area contributed by atoms with Gasteiger partial charge >= 0.3 is 0 Å². The van der Waals surface area contributed by atoms with Gasteiger partial charge < -0.3 is 14.5 Å². The predicted molar refractivity (Wildman–Crippen MR) is 134 cm³/mol. The molecule has 2 heterocycles. The van der Waals surface area contributed by atoms with Crippen LogP contribution in [0.15, 0.2) is 84.9 Å². The van der Waals surface area contributed by atoms with Crippen LogP contribution < -0.4 is 14.5 Å². The Kier molecular flexibility index (Phi) is 8.08. The molecule has 4 nitrogen and oxygen atoms in total. The third-order valence-electron chi connectivity index (χ3n) is 5.86. The van der Waals surface area contributed by atoms with Crippen LogP contribution in [0.4, 0.5) is 17.1 Å². The number of rotatable bonds is 4. The number of hydrogen-bond donors (Lipinski definition) is 0. The number of nitrogens with zero attached hydrogens (tertiary/aromatic N) is 3. The van der Waals surface area contributed by atoms with E-state index in [4.69, 9.17) is 4.74 Å². The predicted octanol–water partition coefficient (Wildman–Crippen LogP) is 5.25. The molecule has 164 valence electrons. The minimum Gasteiger partial charge on any atom is -0.485 e. The van der Waals surface area contributed by atoms with Crippen LogP contribution in [0.5, 0.6) is 5.75 Å². The van der Waals surface area contributed by atoms with Gasteiger partial charge in [-0.15, -0.1) is 24.8 Å². The van der Waals surface area contributed by atoms with Crippen LogP contribution in [0.2, 0.25) is 0 Å². The molecule has 0 radical (unpaired) electrons. The molecule has 2 aliphatic heterocycles. The molecule has 0 saturated carbocycles. The van der Waals surface area contributed by atoms with E-state index in [1.165, 1.54) is 11.4 Å². The standard InChI is InChI=1S/C25H27N3O.2ClH/c1-3-9-21(10-4-1)27-17-15-26(16-18-27)19-23-20-28(22-11-5-2-6-12-22)24-13-7-8-14-25(24)29-23;;/h1-14,23H,15-20H2;2*1H. The van der Waals surface area contributed by atoms with E-state index in [-0.39, 0.29) is 30.9 Å². The number of halogens is 2. The molecule has 1 atom stereocenters. The first-order valence-electron chi connectivity index (χ1n) is 10.5. The Morgan fingerprint density at radius 2 is 1.26 bits per heavy atom. The van der Waals surface area contributed by atoms with Crippen molar-refractivity contribution in [1.82, 2.24) is 4.90 Å². The molecule has 2 aliphatic rings. The van der Waals surface area contributed by atoms with Gasteiger partial charge in [-0.05, 0) is 36.4 Å². The van der Waals surface area contributed by atoms with Gasteiger partial charge in [0.05, 0.1) is 12.2 Å². The van der Waals surface area contributed by atoms with Gasteiger partial charge in [-0.3, -0.25) is 4.90 Å². The Labute approximate surface area is 197 Å². The lowest BCUT2D eigenvalue weighted by molar-refractivity contribution is 0.127. The number of benzene rings is 3. The minimum absolute atomic E-state index is 0. The van der Waals surface area contributed by atoms with Crippen LogP contribution >= 0.6 is 24.8 Å². The molecule has 0 spiro atoms. The number of para-hydroxylation sites is 4. The largest absolute Gasteiger partial charge is 0.485 e. The van der Waals surface area contributed by atoms with Crippen molar-refractivity contribution in [2.24, 2.45) is 0 Å². The van der Waals surface area contributed by atoms with E-state index >= 15 is 0 Å². The maximum absolute atomic E-state index is 6.40. The lowest BCUT2D eigenvalue weighted by Crippen LogP contribution is -2.51. The van der Waals surface area contributed by atoms with Gasteiger partial charge in [0.15, 0.2) is 0 Å². The molecule has 1 fully saturated rings. The summed E-state index contributed by atoms with van der Waals surface area (Å²) in [5.41, 5.74) is 3.70. The molecule has 6 heteroatoms. The molecule has 0 aliphatic carbocycles. The SMILES string of the molecule is Cl.Cl.c1ccc(N2CCN(CC3CN(c4ccccc4)c4ccccc4O3)CC2)cc1. The average molecular weight is 458 g/mol. The van der Waals surface area contributed by atoms with Crippen molar-refractivity contribution in [2.75, 3.05) is 49.1 Å². The first-order valence-corrected chi connectivity index (χ1v) is 10.5. The van der Waals surface area contributed by atoms with E-state index in [0.29, 0.717) is 0 Å². The molecule has 0 bridgehead atoms. The summed E-state index contributed by atoms with van der Waals surface area (Å²) in [4.78, 5) is 7.41. The zero-order valence-electron chi connectivity index (χ0n) is 17.5. The molecule has 1 saturated heterocycles. The molecule has 0 amide bonds. The lowest BCUT2D eigenvalue weighted by atomic mass is 10.1. The highest BCUT2D eigenvalue weighted by atomic mass is 35.5. The number of piperazine rings is 1. The van der Waals surface area contributed by atoms with Crippen molar-refractivity contribution in [3.05, 3.63) is 84.9 Å². The summed E-state index contributed by atoms with van der Waals surface area (Å²) < 4.78 is 6.40. The molecule has 5 rings (SSSR count). The van der Waals surface area contributed by atoms with Crippen molar-refractivity contribution in [1.29, 1.82) is 0 Å². The van der Waals surface area contributed by atoms with Crippen molar-refractivity contribution < 1.29 is 4.74 Å². The smallest absolute Gasteiger partial charge is 0.143 e. The van der Waals surface area contributed by atoms with Crippen LogP contribution in [0.25, 0.3) is 0 Å². The fourth-order valence-electron chi connectivity index (χ4n) is 4.36. The third kappa shape index (κ3) is 5.27. The van der Waals surface area contributed by atoms with E-state index in [1.54, 1.807) is 0 Å². The maximum Gasteiger partial charge on any atom is 0.143 e. The van der Waals surface area contributed by atoms with Crippen molar-refractivity contribution in [3.8, 4) is 5.75 Å². The summed E-state index contributed by atoms with van der Waals surface area (Å²) in [6.45, 7) is 6.11. The Hall–Kier alpha value is -2.40. The second kappa shape index (κ2) is 10.8. The second-order valence-corrected chi connectivity index (χ2v) is 7.78. The lowest BCUT2D eigenvalue weighted by Gasteiger charge is -2.41. The molecule has 1 unspecified atom stereocenters. The normalized spacial score (nSPS) is 18.3. The van der Waals surface area contributed by atoms with Crippen LogP contribution in [0, 0.1) is 0 Å². The number of fused-ring (bicyclic) bond motifs is 1. The highest BCUT2D eigenvalue weighted by Gasteiger charge is 2.29. The highest BCUT2D eigenvalue weighted by molar-refractivity contribution is 5.85. The average Bonchev–Trinajstić information content (AvgIpc) is 2.80. The molecular weight excluding hydrogens is 429 g/mol. The van der Waals surface area contributed by atoms with Gasteiger partial charge in [-0.25, -0.2) is 0 Å². The Morgan fingerprint density at radius 1 is 0.677 bits per heavy atom. The van der Waals surface area contributed by atoms with Gasteiger partial charge in [-0.2, -0.15) is 0 Å². The van der Waals surface area contributed by atoms with Gasteiger partial charge in [0, 0.05) is 44.1 Å². The summed E-state index contributed by atoms with van der Waals surface area (Å²) in [7, 11) is 0. The number of anilines is 3. The summed E-state index contributed by atoms with van der Waals surface area (Å²) in [5.74, 6) is 0.982. The van der Waals surface area contributed by atoms with E-state index in [9.17, 15) is 0 Å². The van der Waals surface area contributed by atoms with Crippen molar-refractivity contribution >= 4 is 41.9 Å². The zero-order chi connectivity index (χ0) is 19.5.